The first-order valence-electron chi connectivity index (χ1n) is 7.12. The van der Waals surface area contributed by atoms with Gasteiger partial charge in [0.1, 0.15) is 11.3 Å². The van der Waals surface area contributed by atoms with Crippen molar-refractivity contribution in [1.82, 2.24) is 4.98 Å². The molecule has 0 N–H and O–H groups in total. The third-order valence-corrected chi connectivity index (χ3v) is 4.60. The van der Waals surface area contributed by atoms with Crippen LogP contribution in [0.5, 0.6) is 0 Å². The number of Topliss-reactive ketones (excluding diaryl/α,β-unsaturated/α-hetero) is 1. The number of anilines is 1. The standard InChI is InChI=1S/C15H15FN2O3S/c1-2-21-14(20)9-7-11(16)13-12(8-9)22-15(17-13)18-5-3-10(19)4-6-18/h7-8H,2-6H2,1H3. The van der Waals surface area contributed by atoms with Gasteiger partial charge in [0.05, 0.1) is 16.9 Å². The molecule has 3 rings (SSSR count). The highest BCUT2D eigenvalue weighted by Crippen LogP contribution is 2.32. The van der Waals surface area contributed by atoms with Crippen LogP contribution < -0.4 is 4.90 Å². The molecule has 2 heterocycles. The van der Waals surface area contributed by atoms with Crippen LogP contribution in [-0.4, -0.2) is 36.4 Å². The van der Waals surface area contributed by atoms with Crippen molar-refractivity contribution in [1.29, 1.82) is 0 Å². The van der Waals surface area contributed by atoms with Crippen LogP contribution in [0.25, 0.3) is 10.2 Å². The van der Waals surface area contributed by atoms with Crippen molar-refractivity contribution >= 4 is 38.4 Å². The van der Waals surface area contributed by atoms with Crippen LogP contribution in [0.4, 0.5) is 9.52 Å². The summed E-state index contributed by atoms with van der Waals surface area (Å²) in [6.07, 6.45) is 0.985. The Morgan fingerprint density at radius 2 is 2.14 bits per heavy atom. The second-order valence-electron chi connectivity index (χ2n) is 5.05. The Morgan fingerprint density at radius 1 is 1.41 bits per heavy atom. The number of rotatable bonds is 3. The number of aromatic nitrogens is 1. The zero-order valence-corrected chi connectivity index (χ0v) is 12.9. The second kappa shape index (κ2) is 6.00. The molecule has 22 heavy (non-hydrogen) atoms. The molecule has 1 aliphatic rings. The van der Waals surface area contributed by atoms with Gasteiger partial charge in [-0.1, -0.05) is 11.3 Å². The summed E-state index contributed by atoms with van der Waals surface area (Å²) >= 11 is 1.32. The van der Waals surface area contributed by atoms with Crippen LogP contribution >= 0.6 is 11.3 Å². The molecule has 0 radical (unpaired) electrons. The fraction of sp³-hybridized carbons (Fsp3) is 0.400. The highest BCUT2D eigenvalue weighted by Gasteiger charge is 2.21. The lowest BCUT2D eigenvalue weighted by molar-refractivity contribution is -0.119. The Bertz CT molecular complexity index is 734. The van der Waals surface area contributed by atoms with Crippen molar-refractivity contribution in [2.45, 2.75) is 19.8 Å². The van der Waals surface area contributed by atoms with Crippen molar-refractivity contribution in [3.05, 3.63) is 23.5 Å². The van der Waals surface area contributed by atoms with E-state index < -0.39 is 11.8 Å². The van der Waals surface area contributed by atoms with E-state index in [1.807, 2.05) is 4.90 Å². The summed E-state index contributed by atoms with van der Waals surface area (Å²) in [4.78, 5) is 29.3. The van der Waals surface area contributed by atoms with Gasteiger partial charge >= 0.3 is 5.97 Å². The summed E-state index contributed by atoms with van der Waals surface area (Å²) in [6.45, 7) is 3.15. The maximum atomic E-state index is 14.2. The molecule has 0 unspecified atom stereocenters. The summed E-state index contributed by atoms with van der Waals surface area (Å²) in [5, 5.41) is 0.683. The molecule has 0 saturated carbocycles. The Balaban J connectivity index is 1.93. The van der Waals surface area contributed by atoms with Gasteiger partial charge in [-0.3, -0.25) is 4.79 Å². The minimum atomic E-state index is -0.540. The topological polar surface area (TPSA) is 59.5 Å². The number of thiazole rings is 1. The van der Waals surface area contributed by atoms with Crippen molar-refractivity contribution in [2.75, 3.05) is 24.6 Å². The van der Waals surface area contributed by atoms with Crippen molar-refractivity contribution in [2.24, 2.45) is 0 Å². The molecule has 0 atom stereocenters. The van der Waals surface area contributed by atoms with Gasteiger partial charge in [-0.2, -0.15) is 0 Å². The van der Waals surface area contributed by atoms with Gasteiger partial charge in [0.15, 0.2) is 10.9 Å². The Kier molecular flexibility index (Phi) is 4.06. The first-order valence-corrected chi connectivity index (χ1v) is 7.94. The van der Waals surface area contributed by atoms with E-state index >= 15 is 0 Å². The lowest BCUT2D eigenvalue weighted by atomic mass is 10.1. The number of ketones is 1. The van der Waals surface area contributed by atoms with Crippen LogP contribution in [0.1, 0.15) is 30.1 Å². The highest BCUT2D eigenvalue weighted by molar-refractivity contribution is 7.22. The van der Waals surface area contributed by atoms with Crippen molar-refractivity contribution < 1.29 is 18.7 Å². The van der Waals surface area contributed by atoms with E-state index in [4.69, 9.17) is 4.74 Å². The molecule has 1 aromatic carbocycles. The minimum absolute atomic E-state index is 0.191. The summed E-state index contributed by atoms with van der Waals surface area (Å²) in [7, 11) is 0. The number of carbonyl (C=O) groups excluding carboxylic acids is 2. The normalized spacial score (nSPS) is 15.4. The lowest BCUT2D eigenvalue weighted by Gasteiger charge is -2.25. The molecule has 1 fully saturated rings. The predicted molar refractivity (Wildman–Crippen MR) is 82.0 cm³/mol. The number of esters is 1. The van der Waals surface area contributed by atoms with Crippen LogP contribution in [0, 0.1) is 5.82 Å². The smallest absolute Gasteiger partial charge is 0.338 e. The lowest BCUT2D eigenvalue weighted by Crippen LogP contribution is -2.33. The average Bonchev–Trinajstić information content (AvgIpc) is 2.93. The number of halogens is 1. The third-order valence-electron chi connectivity index (χ3n) is 3.54. The molecular formula is C15H15FN2O3S. The molecule has 1 aliphatic heterocycles. The summed E-state index contributed by atoms with van der Waals surface area (Å²) in [5.74, 6) is -0.828. The molecule has 1 aromatic heterocycles. The molecule has 0 spiro atoms. The van der Waals surface area contributed by atoms with Crippen molar-refractivity contribution in [3.8, 4) is 0 Å². The second-order valence-corrected chi connectivity index (χ2v) is 6.06. The van der Waals surface area contributed by atoms with Gasteiger partial charge < -0.3 is 9.64 Å². The molecule has 0 bridgehead atoms. The van der Waals surface area contributed by atoms with E-state index in [-0.39, 0.29) is 23.5 Å². The average molecular weight is 322 g/mol. The van der Waals surface area contributed by atoms with Gasteiger partial charge in [0.2, 0.25) is 0 Å². The molecule has 116 valence electrons. The van der Waals surface area contributed by atoms with Crippen LogP contribution in [0.15, 0.2) is 12.1 Å². The number of fused-ring (bicyclic) bond motifs is 1. The minimum Gasteiger partial charge on any atom is -0.462 e. The van der Waals surface area contributed by atoms with E-state index in [2.05, 4.69) is 4.98 Å². The SMILES string of the molecule is CCOC(=O)c1cc(F)c2nc(N3CCC(=O)CC3)sc2c1. The summed E-state index contributed by atoms with van der Waals surface area (Å²) < 4.78 is 19.7. The molecule has 5 nitrogen and oxygen atoms in total. The van der Waals surface area contributed by atoms with Crippen LogP contribution in [0.3, 0.4) is 0 Å². The van der Waals surface area contributed by atoms with Gasteiger partial charge in [-0.15, -0.1) is 0 Å². The number of hydrogen-bond acceptors (Lipinski definition) is 6. The number of nitrogens with zero attached hydrogens (tertiary/aromatic N) is 2. The number of ether oxygens (including phenoxy) is 1. The predicted octanol–water partition coefficient (Wildman–Crippen LogP) is 2.78. The van der Waals surface area contributed by atoms with Crippen molar-refractivity contribution in [3.63, 3.8) is 0 Å². The van der Waals surface area contributed by atoms with Gasteiger partial charge in [0.25, 0.3) is 0 Å². The van der Waals surface area contributed by atoms with E-state index in [1.165, 1.54) is 11.3 Å². The Hall–Kier alpha value is -2.02. The third kappa shape index (κ3) is 2.81. The molecule has 7 heteroatoms. The molecule has 1 saturated heterocycles. The van der Waals surface area contributed by atoms with Crippen LogP contribution in [-0.2, 0) is 9.53 Å². The molecule has 0 amide bonds. The maximum absolute atomic E-state index is 14.2. The van der Waals surface area contributed by atoms with E-state index in [0.29, 0.717) is 35.8 Å². The van der Waals surface area contributed by atoms with Gasteiger partial charge in [-0.25, -0.2) is 14.2 Å². The molecule has 0 aliphatic carbocycles. The van der Waals surface area contributed by atoms with Gasteiger partial charge in [-0.05, 0) is 19.1 Å². The van der Waals surface area contributed by atoms with E-state index in [1.54, 1.807) is 13.0 Å². The number of piperidine rings is 1. The monoisotopic (exact) mass is 322 g/mol. The highest BCUT2D eigenvalue weighted by atomic mass is 32.1. The Labute approximate surface area is 130 Å². The molecular weight excluding hydrogens is 307 g/mol. The number of carbonyl (C=O) groups is 2. The zero-order chi connectivity index (χ0) is 15.7. The fourth-order valence-electron chi connectivity index (χ4n) is 2.39. The largest absolute Gasteiger partial charge is 0.462 e. The number of benzene rings is 1. The zero-order valence-electron chi connectivity index (χ0n) is 12.1. The Morgan fingerprint density at radius 3 is 2.82 bits per heavy atom. The van der Waals surface area contributed by atoms with Gasteiger partial charge in [0, 0.05) is 25.9 Å². The van der Waals surface area contributed by atoms with E-state index in [0.717, 1.165) is 6.07 Å². The molecule has 2 aromatic rings. The summed E-state index contributed by atoms with van der Waals surface area (Å²) in [6, 6.07) is 2.76. The summed E-state index contributed by atoms with van der Waals surface area (Å²) in [5.41, 5.74) is 0.445. The number of hydrogen-bond donors (Lipinski definition) is 0. The van der Waals surface area contributed by atoms with Crippen LogP contribution in [0.2, 0.25) is 0 Å². The fourth-order valence-corrected chi connectivity index (χ4v) is 3.46. The van der Waals surface area contributed by atoms with E-state index in [9.17, 15) is 14.0 Å². The quantitative estimate of drug-likeness (QED) is 0.813. The first kappa shape index (κ1) is 14.9. The first-order chi connectivity index (χ1) is 10.6. The maximum Gasteiger partial charge on any atom is 0.338 e.